The number of benzene rings is 1. The predicted octanol–water partition coefficient (Wildman–Crippen LogP) is 4.78. The highest BCUT2D eigenvalue weighted by Gasteiger charge is 2.43. The number of pyridine rings is 1. The van der Waals surface area contributed by atoms with Gasteiger partial charge >= 0.3 is 6.18 Å². The largest absolute Gasteiger partial charge is 0.476 e. The average Bonchev–Trinajstić information content (AvgIpc) is 3.10. The fourth-order valence-corrected chi connectivity index (χ4v) is 5.08. The number of carbonyl (C=O) groups is 2. The Morgan fingerprint density at radius 3 is 2.32 bits per heavy atom. The van der Waals surface area contributed by atoms with Crippen molar-refractivity contribution in [3.05, 3.63) is 52.7 Å². The van der Waals surface area contributed by atoms with E-state index in [2.05, 4.69) is 15.2 Å². The van der Waals surface area contributed by atoms with Crippen molar-refractivity contribution in [1.82, 2.24) is 15.6 Å². The molecule has 2 aliphatic heterocycles. The molecule has 0 radical (unpaired) electrons. The number of nitrogens with one attached hydrogen (secondary N) is 2. The van der Waals surface area contributed by atoms with Crippen LogP contribution in [-0.4, -0.2) is 53.2 Å². The molecule has 38 heavy (non-hydrogen) atoms. The Morgan fingerprint density at radius 1 is 1.11 bits per heavy atom. The fraction of sp³-hybridized carbons (Fsp3) is 0.480. The molecule has 2 aromatic rings. The summed E-state index contributed by atoms with van der Waals surface area (Å²) in [7, 11) is 0. The maximum Gasteiger partial charge on any atom is 0.405 e. The highest BCUT2D eigenvalue weighted by molar-refractivity contribution is 6.32. The number of carbonyl (C=O) groups excluding carboxylic acids is 2. The molecule has 2 bridgehead atoms. The molecule has 2 saturated heterocycles. The van der Waals surface area contributed by atoms with Crippen molar-refractivity contribution in [2.75, 3.05) is 11.4 Å². The van der Waals surface area contributed by atoms with Gasteiger partial charge in [-0.25, -0.2) is 13.8 Å². The molecule has 2 aliphatic rings. The fourth-order valence-electron chi connectivity index (χ4n) is 4.89. The number of rotatable bonds is 7. The van der Waals surface area contributed by atoms with Gasteiger partial charge in [-0.15, -0.1) is 0 Å². The number of piperidine rings is 1. The lowest BCUT2D eigenvalue weighted by molar-refractivity contribution is -0.135. The second-order valence-electron chi connectivity index (χ2n) is 9.95. The van der Waals surface area contributed by atoms with E-state index in [0.717, 1.165) is 25.0 Å². The smallest absolute Gasteiger partial charge is 0.405 e. The lowest BCUT2D eigenvalue weighted by Crippen LogP contribution is -2.55. The van der Waals surface area contributed by atoms with Gasteiger partial charge in [0.25, 0.3) is 11.8 Å². The number of alkyl halides is 3. The predicted molar refractivity (Wildman–Crippen MR) is 129 cm³/mol. The monoisotopic (exact) mass is 560 g/mol. The van der Waals surface area contributed by atoms with Gasteiger partial charge in [0, 0.05) is 30.4 Å². The first-order chi connectivity index (χ1) is 17.7. The van der Waals surface area contributed by atoms with Crippen molar-refractivity contribution >= 4 is 29.2 Å². The Bertz CT molecular complexity index is 1190. The maximum atomic E-state index is 13.6. The number of hydrogen-bond donors (Lipinski definition) is 2. The van der Waals surface area contributed by atoms with Crippen molar-refractivity contribution in [3.8, 4) is 5.75 Å². The van der Waals surface area contributed by atoms with Crippen molar-refractivity contribution in [3.63, 3.8) is 0 Å². The molecule has 0 saturated carbocycles. The van der Waals surface area contributed by atoms with Gasteiger partial charge in [-0.1, -0.05) is 11.6 Å². The van der Waals surface area contributed by atoms with E-state index >= 15 is 0 Å². The van der Waals surface area contributed by atoms with Gasteiger partial charge in [0.2, 0.25) is 0 Å². The van der Waals surface area contributed by atoms with E-state index in [1.54, 1.807) is 6.07 Å². The van der Waals surface area contributed by atoms with Crippen LogP contribution in [0.25, 0.3) is 0 Å². The number of aromatic nitrogens is 1. The highest BCUT2D eigenvalue weighted by Crippen LogP contribution is 2.39. The lowest BCUT2D eigenvalue weighted by atomic mass is 9.96. The van der Waals surface area contributed by atoms with E-state index in [1.165, 1.54) is 26.1 Å². The van der Waals surface area contributed by atoms with Crippen molar-refractivity contribution in [2.45, 2.75) is 69.4 Å². The van der Waals surface area contributed by atoms with Crippen molar-refractivity contribution in [1.29, 1.82) is 0 Å². The highest BCUT2D eigenvalue weighted by atomic mass is 35.5. The summed E-state index contributed by atoms with van der Waals surface area (Å²) in [6, 6.07) is 4.56. The van der Waals surface area contributed by atoms with Crippen LogP contribution in [0.1, 0.15) is 49.9 Å². The topological polar surface area (TPSA) is 83.6 Å². The second-order valence-corrected chi connectivity index (χ2v) is 10.4. The number of ether oxygens (including phenoxy) is 1. The quantitative estimate of drug-likeness (QED) is 0.376. The second kappa shape index (κ2) is 10.5. The minimum Gasteiger partial charge on any atom is -0.476 e. The Balaban J connectivity index is 1.36. The molecule has 3 atom stereocenters. The third-order valence-corrected chi connectivity index (χ3v) is 6.97. The molecular weight excluding hydrogens is 535 g/mol. The van der Waals surface area contributed by atoms with E-state index in [4.69, 9.17) is 16.3 Å². The molecule has 13 heteroatoms. The molecule has 3 heterocycles. The Kier molecular flexibility index (Phi) is 7.74. The van der Waals surface area contributed by atoms with E-state index < -0.39 is 41.8 Å². The molecule has 1 unspecified atom stereocenters. The average molecular weight is 561 g/mol. The molecule has 4 rings (SSSR count). The molecule has 2 amide bonds. The van der Waals surface area contributed by atoms with Crippen LogP contribution in [0, 0.1) is 11.6 Å². The molecule has 0 aliphatic carbocycles. The standard InChI is InChI=1S/C25H26ClF5N4O3/c1-24(2,38-20-10-19(28)18(27)9-17(20)26)23(37)34-14-7-15-4-5-16(8-14)35(15)21-6-3-13(11-32-21)22(36)33-12-25(29,30)31/h3,6,9-11,14-16H,4-5,7-8,12H2,1-2H3,(H,33,36)(H,34,37)/t14?,15-,16+. The Morgan fingerprint density at radius 2 is 1.74 bits per heavy atom. The summed E-state index contributed by atoms with van der Waals surface area (Å²) in [6.45, 7) is 1.58. The minimum absolute atomic E-state index is 0.0240. The molecule has 206 valence electrons. The molecule has 0 spiro atoms. The number of fused-ring (bicyclic) bond motifs is 2. The van der Waals surface area contributed by atoms with Gasteiger partial charge in [-0.2, -0.15) is 13.2 Å². The maximum absolute atomic E-state index is 13.6. The molecule has 1 aromatic carbocycles. The summed E-state index contributed by atoms with van der Waals surface area (Å²) in [6.07, 6.45) is -0.319. The zero-order valence-electron chi connectivity index (χ0n) is 20.5. The zero-order valence-corrected chi connectivity index (χ0v) is 21.3. The third-order valence-electron chi connectivity index (χ3n) is 6.68. The molecular formula is C25H26ClF5N4O3. The van der Waals surface area contributed by atoms with Crippen LogP contribution in [-0.2, 0) is 4.79 Å². The van der Waals surface area contributed by atoms with Crippen LogP contribution in [0.5, 0.6) is 5.75 Å². The first-order valence-corrected chi connectivity index (χ1v) is 12.3. The molecule has 1 aromatic heterocycles. The van der Waals surface area contributed by atoms with Crippen LogP contribution < -0.4 is 20.3 Å². The first kappa shape index (κ1) is 27.9. The van der Waals surface area contributed by atoms with Crippen molar-refractivity contribution < 1.29 is 36.3 Å². The van der Waals surface area contributed by atoms with Gasteiger partial charge in [0.1, 0.15) is 18.1 Å². The van der Waals surface area contributed by atoms with Gasteiger partial charge in [-0.3, -0.25) is 9.59 Å². The summed E-state index contributed by atoms with van der Waals surface area (Å²) >= 11 is 5.94. The van der Waals surface area contributed by atoms with Crippen LogP contribution in [0.4, 0.5) is 27.8 Å². The number of hydrogen-bond acceptors (Lipinski definition) is 5. The number of nitrogens with zero attached hydrogens (tertiary/aromatic N) is 2. The van der Waals surface area contributed by atoms with Crippen LogP contribution >= 0.6 is 11.6 Å². The summed E-state index contributed by atoms with van der Waals surface area (Å²) in [4.78, 5) is 31.4. The number of amides is 2. The van der Waals surface area contributed by atoms with Gasteiger partial charge in [0.15, 0.2) is 17.2 Å². The summed E-state index contributed by atoms with van der Waals surface area (Å²) in [5.41, 5.74) is -1.40. The minimum atomic E-state index is -4.50. The van der Waals surface area contributed by atoms with E-state index in [1.807, 2.05) is 5.32 Å². The zero-order chi connectivity index (χ0) is 27.8. The molecule has 2 N–H and O–H groups in total. The van der Waals surface area contributed by atoms with E-state index in [9.17, 15) is 31.5 Å². The van der Waals surface area contributed by atoms with Crippen LogP contribution in [0.3, 0.4) is 0 Å². The van der Waals surface area contributed by atoms with Crippen LogP contribution in [0.2, 0.25) is 5.02 Å². The lowest BCUT2D eigenvalue weighted by Gasteiger charge is -2.40. The summed E-state index contributed by atoms with van der Waals surface area (Å²) < 4.78 is 69.7. The van der Waals surface area contributed by atoms with E-state index in [-0.39, 0.29) is 34.5 Å². The van der Waals surface area contributed by atoms with Crippen molar-refractivity contribution in [2.24, 2.45) is 0 Å². The number of halogens is 6. The van der Waals surface area contributed by atoms with Gasteiger partial charge in [-0.05, 0) is 57.7 Å². The third kappa shape index (κ3) is 6.28. The first-order valence-electron chi connectivity index (χ1n) is 12.0. The SMILES string of the molecule is CC(C)(Oc1cc(F)c(F)cc1Cl)C(=O)NC1C[C@H]2CC[C@@H](C1)N2c1ccc(C(=O)NCC(F)(F)F)cn1. The Hall–Kier alpha value is -3.15. The van der Waals surface area contributed by atoms with E-state index in [0.29, 0.717) is 18.7 Å². The summed E-state index contributed by atoms with van der Waals surface area (Å²) in [5.74, 6) is -3.12. The Labute approximate surface area is 220 Å². The van der Waals surface area contributed by atoms with Gasteiger partial charge in [0.05, 0.1) is 10.6 Å². The molecule has 2 fully saturated rings. The molecule has 7 nitrogen and oxygen atoms in total. The normalized spacial score (nSPS) is 21.3. The summed E-state index contributed by atoms with van der Waals surface area (Å²) in [5, 5.41) is 4.64. The number of anilines is 1. The van der Waals surface area contributed by atoms with Gasteiger partial charge < -0.3 is 20.3 Å². The van der Waals surface area contributed by atoms with Crippen LogP contribution in [0.15, 0.2) is 30.5 Å².